The molecule has 0 spiro atoms. The Morgan fingerprint density at radius 3 is 2.62 bits per heavy atom. The molecule has 0 atom stereocenters. The first-order valence-electron chi connectivity index (χ1n) is 7.24. The number of nitrogens with one attached hydrogen (secondary N) is 1. The summed E-state index contributed by atoms with van der Waals surface area (Å²) in [6, 6.07) is 6.85. The van der Waals surface area contributed by atoms with Gasteiger partial charge in [-0.05, 0) is 32.0 Å². The zero-order valence-corrected chi connectivity index (χ0v) is 13.8. The molecule has 114 valence electrons. The van der Waals surface area contributed by atoms with Crippen LogP contribution < -0.4 is 10.2 Å². The Hall–Kier alpha value is -1.46. The first-order chi connectivity index (χ1) is 10.1. The highest BCUT2D eigenvalue weighted by Crippen LogP contribution is 2.35. The Kier molecular flexibility index (Phi) is 5.31. The minimum Gasteiger partial charge on any atom is -0.315 e. The van der Waals surface area contributed by atoms with Crippen LogP contribution >= 0.6 is 11.3 Å². The lowest BCUT2D eigenvalue weighted by molar-refractivity contribution is 0.625. The van der Waals surface area contributed by atoms with Crippen LogP contribution in [-0.4, -0.2) is 18.6 Å². The third-order valence-corrected chi connectivity index (χ3v) is 4.38. The van der Waals surface area contributed by atoms with Crippen LogP contribution in [0.15, 0.2) is 24.3 Å². The molecule has 0 saturated heterocycles. The summed E-state index contributed by atoms with van der Waals surface area (Å²) in [7, 11) is 1.93. The smallest absolute Gasteiger partial charge is 0.190 e. The number of anilines is 2. The summed E-state index contributed by atoms with van der Waals surface area (Å²) in [5.41, 5.74) is 1.68. The molecule has 0 aliphatic carbocycles. The summed E-state index contributed by atoms with van der Waals surface area (Å²) in [5.74, 6) is 0.147. The average molecular weight is 307 g/mol. The van der Waals surface area contributed by atoms with Crippen LogP contribution in [0.3, 0.4) is 0 Å². The zero-order chi connectivity index (χ0) is 15.4. The third-order valence-electron chi connectivity index (χ3n) is 3.29. The molecule has 0 aliphatic heterocycles. The van der Waals surface area contributed by atoms with Crippen molar-refractivity contribution in [3.05, 3.63) is 40.7 Å². The molecule has 21 heavy (non-hydrogen) atoms. The van der Waals surface area contributed by atoms with Gasteiger partial charge in [-0.25, -0.2) is 9.37 Å². The highest BCUT2D eigenvalue weighted by Gasteiger charge is 2.19. The molecule has 1 aromatic heterocycles. The van der Waals surface area contributed by atoms with Crippen molar-refractivity contribution in [3.63, 3.8) is 0 Å². The number of aromatic nitrogens is 1. The van der Waals surface area contributed by atoms with Gasteiger partial charge in [0.25, 0.3) is 0 Å². The molecule has 0 radical (unpaired) electrons. The molecule has 0 bridgehead atoms. The van der Waals surface area contributed by atoms with Crippen molar-refractivity contribution >= 4 is 22.2 Å². The van der Waals surface area contributed by atoms with Gasteiger partial charge in [0.05, 0.1) is 11.4 Å². The highest BCUT2D eigenvalue weighted by molar-refractivity contribution is 7.15. The standard InChI is InChI=1S/C16H22FN3S/c1-5-20(13-9-7-6-8-12(13)17)16-19-15(11(2)3)14(21-16)10-18-4/h6-9,11,18H,5,10H2,1-4H3. The minimum atomic E-state index is -0.212. The van der Waals surface area contributed by atoms with Gasteiger partial charge in [0.2, 0.25) is 0 Å². The van der Waals surface area contributed by atoms with E-state index in [2.05, 4.69) is 19.2 Å². The number of benzene rings is 1. The van der Waals surface area contributed by atoms with Crippen molar-refractivity contribution in [2.75, 3.05) is 18.5 Å². The van der Waals surface area contributed by atoms with E-state index >= 15 is 0 Å². The summed E-state index contributed by atoms with van der Waals surface area (Å²) in [5, 5.41) is 4.04. The zero-order valence-electron chi connectivity index (χ0n) is 13.0. The van der Waals surface area contributed by atoms with Crippen molar-refractivity contribution in [2.45, 2.75) is 33.2 Å². The fraction of sp³-hybridized carbons (Fsp3) is 0.438. The van der Waals surface area contributed by atoms with Crippen LogP contribution in [0, 0.1) is 5.82 Å². The monoisotopic (exact) mass is 307 g/mol. The van der Waals surface area contributed by atoms with Gasteiger partial charge in [-0.2, -0.15) is 0 Å². The average Bonchev–Trinajstić information content (AvgIpc) is 2.86. The van der Waals surface area contributed by atoms with Crippen molar-refractivity contribution in [1.29, 1.82) is 0 Å². The molecule has 5 heteroatoms. The first-order valence-corrected chi connectivity index (χ1v) is 8.06. The summed E-state index contributed by atoms with van der Waals surface area (Å²) in [6.07, 6.45) is 0. The summed E-state index contributed by atoms with van der Waals surface area (Å²) in [6.45, 7) is 7.76. The van der Waals surface area contributed by atoms with Crippen molar-refractivity contribution < 1.29 is 4.39 Å². The van der Waals surface area contributed by atoms with E-state index in [9.17, 15) is 4.39 Å². The van der Waals surface area contributed by atoms with Gasteiger partial charge in [-0.15, -0.1) is 0 Å². The molecule has 0 aliphatic rings. The molecule has 2 aromatic rings. The van der Waals surface area contributed by atoms with Gasteiger partial charge in [0.15, 0.2) is 5.13 Å². The number of halogens is 1. The van der Waals surface area contributed by atoms with E-state index in [4.69, 9.17) is 4.98 Å². The van der Waals surface area contributed by atoms with Gasteiger partial charge in [-0.1, -0.05) is 37.3 Å². The molecule has 0 saturated carbocycles. The lowest BCUT2D eigenvalue weighted by Gasteiger charge is -2.20. The number of para-hydroxylation sites is 1. The van der Waals surface area contributed by atoms with E-state index in [-0.39, 0.29) is 5.82 Å². The van der Waals surface area contributed by atoms with Crippen molar-refractivity contribution in [3.8, 4) is 0 Å². The summed E-state index contributed by atoms with van der Waals surface area (Å²) < 4.78 is 14.0. The number of rotatable bonds is 6. The van der Waals surface area contributed by atoms with Gasteiger partial charge in [-0.3, -0.25) is 0 Å². The number of hydrogen-bond donors (Lipinski definition) is 1. The molecule has 1 aromatic carbocycles. The molecule has 0 unspecified atom stereocenters. The second-order valence-electron chi connectivity index (χ2n) is 5.19. The maximum atomic E-state index is 14.0. The van der Waals surface area contributed by atoms with Crippen molar-refractivity contribution in [1.82, 2.24) is 10.3 Å². The summed E-state index contributed by atoms with van der Waals surface area (Å²) in [4.78, 5) is 7.91. The van der Waals surface area contributed by atoms with Crippen LogP contribution in [0.25, 0.3) is 0 Å². The third kappa shape index (κ3) is 3.41. The van der Waals surface area contributed by atoms with Crippen molar-refractivity contribution in [2.24, 2.45) is 0 Å². The fourth-order valence-corrected chi connectivity index (χ4v) is 3.59. The molecular weight excluding hydrogens is 285 g/mol. The highest BCUT2D eigenvalue weighted by atomic mass is 32.1. The Bertz CT molecular complexity index is 595. The number of thiazole rings is 1. The Balaban J connectivity index is 2.43. The molecular formula is C16H22FN3S. The number of nitrogens with zero attached hydrogens (tertiary/aromatic N) is 2. The molecule has 3 nitrogen and oxygen atoms in total. The first kappa shape index (κ1) is 15.9. The van der Waals surface area contributed by atoms with Crippen LogP contribution in [0.5, 0.6) is 0 Å². The second kappa shape index (κ2) is 7.00. The van der Waals surface area contributed by atoms with E-state index in [0.717, 1.165) is 17.4 Å². The molecule has 0 amide bonds. The van der Waals surface area contributed by atoms with Gasteiger partial charge >= 0.3 is 0 Å². The Morgan fingerprint density at radius 2 is 2.05 bits per heavy atom. The lowest BCUT2D eigenvalue weighted by Crippen LogP contribution is -2.17. The Morgan fingerprint density at radius 1 is 1.33 bits per heavy atom. The molecule has 1 heterocycles. The van der Waals surface area contributed by atoms with E-state index in [1.54, 1.807) is 23.5 Å². The topological polar surface area (TPSA) is 28.2 Å². The number of hydrogen-bond acceptors (Lipinski definition) is 4. The van der Waals surface area contributed by atoms with E-state index in [1.165, 1.54) is 10.9 Å². The maximum absolute atomic E-state index is 14.0. The second-order valence-corrected chi connectivity index (χ2v) is 6.25. The Labute approximate surface area is 129 Å². The van der Waals surface area contributed by atoms with E-state index < -0.39 is 0 Å². The summed E-state index contributed by atoms with van der Waals surface area (Å²) >= 11 is 1.63. The van der Waals surface area contributed by atoms with Gasteiger partial charge in [0, 0.05) is 18.0 Å². The fourth-order valence-electron chi connectivity index (χ4n) is 2.28. The van der Waals surface area contributed by atoms with Crippen LogP contribution in [-0.2, 0) is 6.54 Å². The van der Waals surface area contributed by atoms with Crippen LogP contribution in [0.2, 0.25) is 0 Å². The van der Waals surface area contributed by atoms with E-state index in [0.29, 0.717) is 18.2 Å². The minimum absolute atomic E-state index is 0.212. The molecule has 2 rings (SSSR count). The van der Waals surface area contributed by atoms with Gasteiger partial charge in [0.1, 0.15) is 5.82 Å². The van der Waals surface area contributed by atoms with Gasteiger partial charge < -0.3 is 10.2 Å². The molecule has 1 N–H and O–H groups in total. The maximum Gasteiger partial charge on any atom is 0.190 e. The lowest BCUT2D eigenvalue weighted by atomic mass is 10.1. The quantitative estimate of drug-likeness (QED) is 0.863. The SMILES string of the molecule is CCN(c1nc(C(C)C)c(CNC)s1)c1ccccc1F. The van der Waals surface area contributed by atoms with Crippen LogP contribution in [0.4, 0.5) is 15.2 Å². The normalized spacial score (nSPS) is 11.1. The van der Waals surface area contributed by atoms with E-state index in [1.807, 2.05) is 24.9 Å². The predicted molar refractivity (Wildman–Crippen MR) is 88.0 cm³/mol. The van der Waals surface area contributed by atoms with Crippen LogP contribution in [0.1, 0.15) is 37.3 Å². The molecule has 0 fully saturated rings. The predicted octanol–water partition coefficient (Wildman–Crippen LogP) is 4.28. The largest absolute Gasteiger partial charge is 0.315 e.